The average molecular weight is 353 g/mol. The number of aryl methyl sites for hydroxylation is 2. The molecule has 0 unspecified atom stereocenters. The van der Waals surface area contributed by atoms with Crippen LogP contribution in [0.5, 0.6) is 0 Å². The van der Waals surface area contributed by atoms with Crippen molar-refractivity contribution in [3.63, 3.8) is 0 Å². The fourth-order valence-electron chi connectivity index (χ4n) is 2.46. The Morgan fingerprint density at radius 3 is 2.79 bits per heavy atom. The molecule has 2 rings (SSSR count). The normalized spacial score (nSPS) is 17.4. The van der Waals surface area contributed by atoms with Gasteiger partial charge in [0.1, 0.15) is 6.04 Å². The Morgan fingerprint density at radius 2 is 2.17 bits per heavy atom. The molecule has 2 heterocycles. The van der Waals surface area contributed by atoms with Crippen molar-refractivity contribution < 1.29 is 14.4 Å². The first-order valence-electron chi connectivity index (χ1n) is 7.88. The van der Waals surface area contributed by atoms with E-state index in [1.807, 2.05) is 13.8 Å². The summed E-state index contributed by atoms with van der Waals surface area (Å²) in [5, 5.41) is 8.96. The zero-order chi connectivity index (χ0) is 17.7. The number of carbonyl (C=O) groups excluding carboxylic acids is 3. The molecule has 1 fully saturated rings. The second kappa shape index (κ2) is 8.09. The third-order valence-electron chi connectivity index (χ3n) is 3.94. The molecule has 1 saturated heterocycles. The van der Waals surface area contributed by atoms with Gasteiger partial charge in [-0.15, -0.1) is 11.3 Å². The first-order chi connectivity index (χ1) is 11.4. The van der Waals surface area contributed by atoms with Gasteiger partial charge in [-0.1, -0.05) is 0 Å². The highest BCUT2D eigenvalue weighted by Crippen LogP contribution is 2.16. The summed E-state index contributed by atoms with van der Waals surface area (Å²) in [5.41, 5.74) is 1.01. The van der Waals surface area contributed by atoms with Gasteiger partial charge >= 0.3 is 6.03 Å². The minimum atomic E-state index is -0.775. The maximum Gasteiger partial charge on any atom is 0.318 e. The molecular weight excluding hydrogens is 330 g/mol. The third kappa shape index (κ3) is 4.44. The van der Waals surface area contributed by atoms with E-state index in [4.69, 9.17) is 0 Å². The number of thiazole rings is 1. The summed E-state index contributed by atoms with van der Waals surface area (Å²) in [6, 6.07) is -1.10. The molecule has 0 radical (unpaired) electrons. The van der Waals surface area contributed by atoms with Crippen LogP contribution in [0.1, 0.15) is 22.0 Å². The van der Waals surface area contributed by atoms with Gasteiger partial charge in [0.05, 0.1) is 17.1 Å². The topological polar surface area (TPSA) is 103 Å². The van der Waals surface area contributed by atoms with E-state index in [9.17, 15) is 14.4 Å². The fourth-order valence-corrected chi connectivity index (χ4v) is 3.40. The Hall–Kier alpha value is -2.16. The first-order valence-corrected chi connectivity index (χ1v) is 8.69. The van der Waals surface area contributed by atoms with Crippen molar-refractivity contribution in [2.45, 2.75) is 32.7 Å². The maximum atomic E-state index is 12.4. The van der Waals surface area contributed by atoms with Gasteiger partial charge < -0.3 is 20.9 Å². The minimum absolute atomic E-state index is 0.0410. The van der Waals surface area contributed by atoms with Crippen molar-refractivity contribution in [2.24, 2.45) is 0 Å². The number of amides is 4. The van der Waals surface area contributed by atoms with E-state index in [1.54, 1.807) is 11.3 Å². The zero-order valence-electron chi connectivity index (χ0n) is 14.1. The number of nitrogens with zero attached hydrogens (tertiary/aromatic N) is 2. The molecular formula is C15H23N5O3S. The van der Waals surface area contributed by atoms with Gasteiger partial charge in [-0.05, 0) is 13.8 Å². The summed E-state index contributed by atoms with van der Waals surface area (Å²) >= 11 is 1.62. The van der Waals surface area contributed by atoms with E-state index in [-0.39, 0.29) is 24.3 Å². The Morgan fingerprint density at radius 1 is 1.42 bits per heavy atom. The lowest BCUT2D eigenvalue weighted by atomic mass is 10.1. The quantitative estimate of drug-likeness (QED) is 0.690. The maximum absolute atomic E-state index is 12.4. The molecule has 132 valence electrons. The summed E-state index contributed by atoms with van der Waals surface area (Å²) in [7, 11) is 1.51. The summed E-state index contributed by atoms with van der Waals surface area (Å²) in [4.78, 5) is 43.0. The molecule has 9 heteroatoms. The Balaban J connectivity index is 1.90. The second-order valence-corrected chi connectivity index (χ2v) is 6.90. The SMILES string of the molecule is CNC(=O)C[C@H]1C(=O)NCCN1C(=O)NCCc1nc(C)c(C)s1. The molecule has 0 saturated carbocycles. The minimum Gasteiger partial charge on any atom is -0.359 e. The van der Waals surface area contributed by atoms with Crippen LogP contribution in [0.3, 0.4) is 0 Å². The number of urea groups is 1. The van der Waals surface area contributed by atoms with Crippen LogP contribution >= 0.6 is 11.3 Å². The standard InChI is InChI=1S/C15H23N5O3S/c1-9-10(2)24-13(19-9)4-5-18-15(23)20-7-6-17-14(22)11(20)8-12(21)16-3/h11H,4-8H2,1-3H3,(H,16,21)(H,17,22)(H,18,23)/t11-/m0/s1. The summed E-state index contributed by atoms with van der Waals surface area (Å²) in [6.07, 6.45) is 0.603. The van der Waals surface area contributed by atoms with Crippen LogP contribution in [0.4, 0.5) is 4.79 Å². The number of aromatic nitrogens is 1. The van der Waals surface area contributed by atoms with Crippen molar-refractivity contribution >= 4 is 29.2 Å². The Bertz CT molecular complexity index is 611. The van der Waals surface area contributed by atoms with Crippen LogP contribution in [-0.4, -0.2) is 60.5 Å². The fraction of sp³-hybridized carbons (Fsp3) is 0.600. The van der Waals surface area contributed by atoms with Gasteiger partial charge in [0, 0.05) is 38.0 Å². The molecule has 0 bridgehead atoms. The monoisotopic (exact) mass is 353 g/mol. The molecule has 0 spiro atoms. The van der Waals surface area contributed by atoms with Crippen LogP contribution in [0.25, 0.3) is 0 Å². The van der Waals surface area contributed by atoms with Gasteiger partial charge in [-0.3, -0.25) is 9.59 Å². The lowest BCUT2D eigenvalue weighted by Gasteiger charge is -2.34. The van der Waals surface area contributed by atoms with Crippen LogP contribution in [0.15, 0.2) is 0 Å². The molecule has 1 aliphatic heterocycles. The molecule has 24 heavy (non-hydrogen) atoms. The first kappa shape index (κ1) is 18.2. The number of carbonyl (C=O) groups is 3. The van der Waals surface area contributed by atoms with Gasteiger partial charge in [0.25, 0.3) is 0 Å². The molecule has 1 aliphatic rings. The van der Waals surface area contributed by atoms with Crippen LogP contribution in [-0.2, 0) is 16.0 Å². The summed E-state index contributed by atoms with van der Waals surface area (Å²) in [6.45, 7) is 5.19. The number of rotatable bonds is 5. The van der Waals surface area contributed by atoms with Gasteiger partial charge in [0.2, 0.25) is 11.8 Å². The van der Waals surface area contributed by atoms with Crippen molar-refractivity contribution in [1.82, 2.24) is 25.8 Å². The molecule has 1 atom stereocenters. The van der Waals surface area contributed by atoms with E-state index in [0.717, 1.165) is 10.7 Å². The largest absolute Gasteiger partial charge is 0.359 e. The highest BCUT2D eigenvalue weighted by Gasteiger charge is 2.34. The highest BCUT2D eigenvalue weighted by molar-refractivity contribution is 7.11. The van der Waals surface area contributed by atoms with E-state index >= 15 is 0 Å². The number of piperazine rings is 1. The average Bonchev–Trinajstić information content (AvgIpc) is 2.87. The lowest BCUT2D eigenvalue weighted by Crippen LogP contribution is -2.60. The third-order valence-corrected chi connectivity index (χ3v) is 5.07. The van der Waals surface area contributed by atoms with E-state index in [0.29, 0.717) is 26.1 Å². The predicted molar refractivity (Wildman–Crippen MR) is 90.9 cm³/mol. The van der Waals surface area contributed by atoms with Gasteiger partial charge in [-0.2, -0.15) is 0 Å². The van der Waals surface area contributed by atoms with Crippen LogP contribution in [0.2, 0.25) is 0 Å². The summed E-state index contributed by atoms with van der Waals surface area (Å²) < 4.78 is 0. The molecule has 1 aromatic heterocycles. The smallest absolute Gasteiger partial charge is 0.318 e. The van der Waals surface area contributed by atoms with E-state index in [2.05, 4.69) is 20.9 Å². The number of nitrogens with one attached hydrogen (secondary N) is 3. The number of hydrogen-bond acceptors (Lipinski definition) is 5. The van der Waals surface area contributed by atoms with Crippen molar-refractivity contribution in [2.75, 3.05) is 26.7 Å². The zero-order valence-corrected chi connectivity index (χ0v) is 15.0. The Kier molecular flexibility index (Phi) is 6.13. The molecule has 3 N–H and O–H groups in total. The van der Waals surface area contributed by atoms with Crippen molar-refractivity contribution in [1.29, 1.82) is 0 Å². The molecule has 1 aromatic rings. The molecule has 4 amide bonds. The van der Waals surface area contributed by atoms with E-state index in [1.165, 1.54) is 16.8 Å². The lowest BCUT2D eigenvalue weighted by molar-refractivity contribution is -0.132. The second-order valence-electron chi connectivity index (χ2n) is 5.61. The molecule has 8 nitrogen and oxygen atoms in total. The van der Waals surface area contributed by atoms with E-state index < -0.39 is 6.04 Å². The summed E-state index contributed by atoms with van der Waals surface area (Å²) in [5.74, 6) is -0.574. The van der Waals surface area contributed by atoms with Crippen LogP contribution in [0, 0.1) is 13.8 Å². The van der Waals surface area contributed by atoms with Gasteiger partial charge in [-0.25, -0.2) is 9.78 Å². The number of hydrogen-bond donors (Lipinski definition) is 3. The molecule has 0 aliphatic carbocycles. The predicted octanol–water partition coefficient (Wildman–Crippen LogP) is -0.0515. The van der Waals surface area contributed by atoms with Gasteiger partial charge in [0.15, 0.2) is 0 Å². The van der Waals surface area contributed by atoms with Crippen molar-refractivity contribution in [3.05, 3.63) is 15.6 Å². The highest BCUT2D eigenvalue weighted by atomic mass is 32.1. The molecule has 0 aromatic carbocycles. The van der Waals surface area contributed by atoms with Crippen LogP contribution < -0.4 is 16.0 Å². The van der Waals surface area contributed by atoms with Crippen molar-refractivity contribution in [3.8, 4) is 0 Å². The Labute approximate surface area is 145 Å².